The first-order valence-corrected chi connectivity index (χ1v) is 6.02. The van der Waals surface area contributed by atoms with E-state index in [1.165, 1.54) is 19.3 Å². The molecule has 0 aliphatic carbocycles. The maximum atomic E-state index is 11.2. The number of carbonyl (C=O) groups is 1. The highest BCUT2D eigenvalue weighted by Crippen LogP contribution is 2.26. The zero-order chi connectivity index (χ0) is 10.7. The van der Waals surface area contributed by atoms with Crippen molar-refractivity contribution in [1.29, 1.82) is 0 Å². The number of nitrogens with one attached hydrogen (secondary N) is 1. The lowest BCUT2D eigenvalue weighted by Crippen LogP contribution is -2.46. The van der Waals surface area contributed by atoms with Crippen LogP contribution in [-0.2, 0) is 4.79 Å². The van der Waals surface area contributed by atoms with Gasteiger partial charge in [-0.3, -0.25) is 9.69 Å². The van der Waals surface area contributed by atoms with Crippen LogP contribution in [-0.4, -0.2) is 43.0 Å². The molecule has 0 aromatic heterocycles. The molecule has 15 heavy (non-hydrogen) atoms. The standard InChI is InChI=1S/C11H21N3O/c12-4-6-14-5-2-1-3-10(14)9-7-11(15)13-8-9/h9-10H,1-8,12H2,(H,13,15). The topological polar surface area (TPSA) is 58.4 Å². The smallest absolute Gasteiger partial charge is 0.220 e. The van der Waals surface area contributed by atoms with Crippen LogP contribution in [0, 0.1) is 5.92 Å². The lowest BCUT2D eigenvalue weighted by atomic mass is 9.89. The fraction of sp³-hybridized carbons (Fsp3) is 0.909. The highest BCUT2D eigenvalue weighted by Gasteiger charge is 2.33. The van der Waals surface area contributed by atoms with E-state index in [1.807, 2.05) is 0 Å². The first kappa shape index (κ1) is 10.9. The van der Waals surface area contributed by atoms with Crippen LogP contribution in [0.5, 0.6) is 0 Å². The van der Waals surface area contributed by atoms with E-state index >= 15 is 0 Å². The molecule has 0 spiro atoms. The maximum Gasteiger partial charge on any atom is 0.220 e. The van der Waals surface area contributed by atoms with E-state index in [0.717, 1.165) is 26.2 Å². The largest absolute Gasteiger partial charge is 0.356 e. The Hall–Kier alpha value is -0.610. The van der Waals surface area contributed by atoms with Crippen molar-refractivity contribution >= 4 is 5.91 Å². The van der Waals surface area contributed by atoms with Gasteiger partial charge in [0.25, 0.3) is 0 Å². The molecule has 2 saturated heterocycles. The van der Waals surface area contributed by atoms with Gasteiger partial charge < -0.3 is 11.1 Å². The molecule has 4 heteroatoms. The predicted octanol–water partition coefficient (Wildman–Crippen LogP) is -0.0643. The number of piperidine rings is 1. The van der Waals surface area contributed by atoms with E-state index in [2.05, 4.69) is 10.2 Å². The lowest BCUT2D eigenvalue weighted by Gasteiger charge is -2.38. The van der Waals surface area contributed by atoms with Gasteiger partial charge in [0.15, 0.2) is 0 Å². The molecule has 1 amide bonds. The number of hydrogen-bond acceptors (Lipinski definition) is 3. The van der Waals surface area contributed by atoms with Crippen molar-refractivity contribution < 1.29 is 4.79 Å². The Kier molecular flexibility index (Phi) is 3.59. The second-order valence-electron chi connectivity index (χ2n) is 4.66. The molecule has 2 atom stereocenters. The summed E-state index contributed by atoms with van der Waals surface area (Å²) in [4.78, 5) is 13.7. The van der Waals surface area contributed by atoms with E-state index in [9.17, 15) is 4.79 Å². The Morgan fingerprint density at radius 2 is 2.33 bits per heavy atom. The molecule has 4 nitrogen and oxygen atoms in total. The molecular weight excluding hydrogens is 190 g/mol. The highest BCUT2D eigenvalue weighted by molar-refractivity contribution is 5.78. The summed E-state index contributed by atoms with van der Waals surface area (Å²) in [7, 11) is 0. The van der Waals surface area contributed by atoms with Crippen LogP contribution >= 0.6 is 0 Å². The Balaban J connectivity index is 1.94. The number of rotatable bonds is 3. The number of amides is 1. The summed E-state index contributed by atoms with van der Waals surface area (Å²) in [5, 5.41) is 2.93. The summed E-state index contributed by atoms with van der Waals surface area (Å²) in [5.41, 5.74) is 5.62. The number of carbonyl (C=O) groups excluding carboxylic acids is 1. The molecular formula is C11H21N3O. The average Bonchev–Trinajstić information content (AvgIpc) is 2.66. The summed E-state index contributed by atoms with van der Waals surface area (Å²) < 4.78 is 0. The Labute approximate surface area is 91.2 Å². The molecule has 0 bridgehead atoms. The van der Waals surface area contributed by atoms with Crippen LogP contribution in [0.4, 0.5) is 0 Å². The van der Waals surface area contributed by atoms with E-state index in [1.54, 1.807) is 0 Å². The van der Waals surface area contributed by atoms with Gasteiger partial charge in [-0.25, -0.2) is 0 Å². The molecule has 2 unspecified atom stereocenters. The van der Waals surface area contributed by atoms with Crippen molar-refractivity contribution in [3.63, 3.8) is 0 Å². The minimum absolute atomic E-state index is 0.221. The molecule has 0 saturated carbocycles. The molecule has 2 aliphatic rings. The average molecular weight is 211 g/mol. The Bertz CT molecular complexity index is 230. The van der Waals surface area contributed by atoms with Crippen LogP contribution in [0.25, 0.3) is 0 Å². The second kappa shape index (κ2) is 4.94. The lowest BCUT2D eigenvalue weighted by molar-refractivity contribution is -0.119. The van der Waals surface area contributed by atoms with Gasteiger partial charge in [0.05, 0.1) is 0 Å². The third-order valence-corrected chi connectivity index (χ3v) is 3.63. The van der Waals surface area contributed by atoms with Gasteiger partial charge >= 0.3 is 0 Å². The van der Waals surface area contributed by atoms with Gasteiger partial charge in [0.2, 0.25) is 5.91 Å². The number of nitrogens with two attached hydrogens (primary N) is 1. The van der Waals surface area contributed by atoms with Gasteiger partial charge in [-0.1, -0.05) is 6.42 Å². The third kappa shape index (κ3) is 2.49. The molecule has 0 aromatic rings. The molecule has 2 heterocycles. The van der Waals surface area contributed by atoms with Gasteiger partial charge in [0, 0.05) is 38.0 Å². The predicted molar refractivity (Wildman–Crippen MR) is 59.4 cm³/mol. The van der Waals surface area contributed by atoms with Crippen LogP contribution in [0.1, 0.15) is 25.7 Å². The number of nitrogens with zero attached hydrogens (tertiary/aromatic N) is 1. The SMILES string of the molecule is NCCN1CCCCC1C1CNC(=O)C1. The van der Waals surface area contributed by atoms with Crippen LogP contribution in [0.2, 0.25) is 0 Å². The first-order valence-electron chi connectivity index (χ1n) is 6.02. The second-order valence-corrected chi connectivity index (χ2v) is 4.66. The molecule has 0 aromatic carbocycles. The fourth-order valence-electron chi connectivity index (χ4n) is 2.89. The first-order chi connectivity index (χ1) is 7.31. The van der Waals surface area contributed by atoms with Gasteiger partial charge in [-0.15, -0.1) is 0 Å². The van der Waals surface area contributed by atoms with Gasteiger partial charge in [-0.05, 0) is 19.4 Å². The number of likely N-dealkylation sites (tertiary alicyclic amines) is 1. The zero-order valence-electron chi connectivity index (χ0n) is 9.24. The minimum atomic E-state index is 0.221. The highest BCUT2D eigenvalue weighted by atomic mass is 16.1. The third-order valence-electron chi connectivity index (χ3n) is 3.63. The monoisotopic (exact) mass is 211 g/mol. The minimum Gasteiger partial charge on any atom is -0.356 e. The van der Waals surface area contributed by atoms with E-state index in [4.69, 9.17) is 5.73 Å². The summed E-state index contributed by atoms with van der Waals surface area (Å²) in [6.45, 7) is 3.73. The zero-order valence-corrected chi connectivity index (χ0v) is 9.24. The van der Waals surface area contributed by atoms with Crippen molar-refractivity contribution in [3.8, 4) is 0 Å². The van der Waals surface area contributed by atoms with E-state index < -0.39 is 0 Å². The maximum absolute atomic E-state index is 11.2. The molecule has 86 valence electrons. The molecule has 2 rings (SSSR count). The summed E-state index contributed by atoms with van der Waals surface area (Å²) >= 11 is 0. The fourth-order valence-corrected chi connectivity index (χ4v) is 2.89. The van der Waals surface area contributed by atoms with Crippen LogP contribution < -0.4 is 11.1 Å². The summed E-state index contributed by atoms with van der Waals surface area (Å²) in [6, 6.07) is 0.584. The van der Waals surface area contributed by atoms with Crippen molar-refractivity contribution in [2.45, 2.75) is 31.7 Å². The van der Waals surface area contributed by atoms with Crippen LogP contribution in [0.3, 0.4) is 0 Å². The Morgan fingerprint density at radius 1 is 1.47 bits per heavy atom. The molecule has 2 fully saturated rings. The molecule has 2 aliphatic heterocycles. The number of hydrogen-bond donors (Lipinski definition) is 2. The van der Waals surface area contributed by atoms with Crippen molar-refractivity contribution in [2.24, 2.45) is 11.7 Å². The van der Waals surface area contributed by atoms with E-state index in [0.29, 0.717) is 18.4 Å². The van der Waals surface area contributed by atoms with Crippen LogP contribution in [0.15, 0.2) is 0 Å². The Morgan fingerprint density at radius 3 is 3.00 bits per heavy atom. The van der Waals surface area contributed by atoms with Gasteiger partial charge in [-0.2, -0.15) is 0 Å². The summed E-state index contributed by atoms with van der Waals surface area (Å²) in [6.07, 6.45) is 4.53. The quantitative estimate of drug-likeness (QED) is 0.687. The van der Waals surface area contributed by atoms with Gasteiger partial charge in [0.1, 0.15) is 0 Å². The molecule has 0 radical (unpaired) electrons. The van der Waals surface area contributed by atoms with Crippen molar-refractivity contribution in [3.05, 3.63) is 0 Å². The van der Waals surface area contributed by atoms with E-state index in [-0.39, 0.29) is 5.91 Å². The van der Waals surface area contributed by atoms with Crippen molar-refractivity contribution in [2.75, 3.05) is 26.2 Å². The molecule has 3 N–H and O–H groups in total. The van der Waals surface area contributed by atoms with Crippen molar-refractivity contribution in [1.82, 2.24) is 10.2 Å². The normalized spacial score (nSPS) is 33.0. The summed E-state index contributed by atoms with van der Waals surface area (Å²) in [5.74, 6) is 0.739.